The Kier molecular flexibility index (Phi) is 4.89. The molecule has 6 nitrogen and oxygen atoms in total. The van der Waals surface area contributed by atoms with Gasteiger partial charge in [0, 0.05) is 6.04 Å². The normalized spacial score (nSPS) is 13.6. The fourth-order valence-electron chi connectivity index (χ4n) is 2.10. The van der Waals surface area contributed by atoms with Gasteiger partial charge in [-0.05, 0) is 38.8 Å². The van der Waals surface area contributed by atoms with Crippen molar-refractivity contribution in [1.82, 2.24) is 10.3 Å². The van der Waals surface area contributed by atoms with Gasteiger partial charge in [0.25, 0.3) is 11.1 Å². The molecule has 1 aliphatic rings. The van der Waals surface area contributed by atoms with Crippen LogP contribution in [-0.2, 0) is 4.79 Å². The second kappa shape index (κ2) is 7.09. The molecule has 3 rings (SSSR count). The highest BCUT2D eigenvalue weighted by molar-refractivity contribution is 7.99. The zero-order valence-corrected chi connectivity index (χ0v) is 14.4. The van der Waals surface area contributed by atoms with Crippen LogP contribution < -0.4 is 10.6 Å². The maximum absolute atomic E-state index is 12.2. The number of nitrogens with zero attached hydrogens (tertiary/aromatic N) is 1. The van der Waals surface area contributed by atoms with Crippen molar-refractivity contribution in [3.8, 4) is 0 Å². The number of amides is 2. The van der Waals surface area contributed by atoms with Gasteiger partial charge >= 0.3 is 0 Å². The molecule has 1 saturated carbocycles. The quantitative estimate of drug-likeness (QED) is 0.787. The minimum Gasteiger partial charge on any atom is -0.437 e. The summed E-state index contributed by atoms with van der Waals surface area (Å²) in [5.74, 6) is 0.554. The fourth-order valence-corrected chi connectivity index (χ4v) is 2.81. The van der Waals surface area contributed by atoms with Gasteiger partial charge in [0.05, 0.1) is 22.7 Å². The van der Waals surface area contributed by atoms with Crippen LogP contribution in [0.15, 0.2) is 33.9 Å². The Morgan fingerprint density at radius 2 is 2.04 bits per heavy atom. The Labute approximate surface area is 144 Å². The van der Waals surface area contributed by atoms with Crippen LogP contribution in [0.25, 0.3) is 0 Å². The van der Waals surface area contributed by atoms with Crippen molar-refractivity contribution in [2.75, 3.05) is 11.1 Å². The number of rotatable bonds is 6. The summed E-state index contributed by atoms with van der Waals surface area (Å²) in [6.45, 7) is 3.69. The molecule has 1 heterocycles. The summed E-state index contributed by atoms with van der Waals surface area (Å²) in [7, 11) is 0. The third-order valence-corrected chi connectivity index (χ3v) is 4.52. The van der Waals surface area contributed by atoms with Crippen molar-refractivity contribution in [3.63, 3.8) is 0 Å². The first-order valence-corrected chi connectivity index (χ1v) is 8.78. The highest BCUT2D eigenvalue weighted by atomic mass is 32.2. The number of hydrogen-bond donors (Lipinski definition) is 2. The van der Waals surface area contributed by atoms with Crippen LogP contribution in [0.3, 0.4) is 0 Å². The fraction of sp³-hybridized carbons (Fsp3) is 0.353. The number of hydrogen-bond acceptors (Lipinski definition) is 5. The molecule has 0 spiro atoms. The Balaban J connectivity index is 1.60. The molecule has 0 radical (unpaired) electrons. The van der Waals surface area contributed by atoms with Gasteiger partial charge in [-0.3, -0.25) is 9.59 Å². The van der Waals surface area contributed by atoms with Crippen LogP contribution in [0, 0.1) is 13.8 Å². The lowest BCUT2D eigenvalue weighted by molar-refractivity contribution is -0.113. The van der Waals surface area contributed by atoms with Crippen molar-refractivity contribution in [2.45, 2.75) is 38.0 Å². The Morgan fingerprint density at radius 3 is 2.71 bits per heavy atom. The summed E-state index contributed by atoms with van der Waals surface area (Å²) in [5, 5.41) is 6.19. The maximum atomic E-state index is 12.2. The highest BCUT2D eigenvalue weighted by Crippen LogP contribution is 2.23. The van der Waals surface area contributed by atoms with Crippen LogP contribution >= 0.6 is 11.8 Å². The first-order valence-electron chi connectivity index (χ1n) is 7.79. The maximum Gasteiger partial charge on any atom is 0.256 e. The van der Waals surface area contributed by atoms with E-state index in [2.05, 4.69) is 15.6 Å². The Hall–Kier alpha value is -2.28. The van der Waals surface area contributed by atoms with Gasteiger partial charge in [0.2, 0.25) is 5.91 Å². The van der Waals surface area contributed by atoms with Gasteiger partial charge in [-0.1, -0.05) is 23.9 Å². The number of anilines is 1. The summed E-state index contributed by atoms with van der Waals surface area (Å²) in [4.78, 5) is 28.6. The van der Waals surface area contributed by atoms with Crippen LogP contribution in [0.2, 0.25) is 0 Å². The number of thioether (sulfide) groups is 1. The molecule has 2 amide bonds. The van der Waals surface area contributed by atoms with Gasteiger partial charge in [0.15, 0.2) is 0 Å². The van der Waals surface area contributed by atoms with Crippen LogP contribution in [-0.4, -0.2) is 28.6 Å². The molecular weight excluding hydrogens is 326 g/mol. The monoisotopic (exact) mass is 345 g/mol. The number of aromatic nitrogens is 1. The highest BCUT2D eigenvalue weighted by Gasteiger charge is 2.25. The van der Waals surface area contributed by atoms with E-state index in [-0.39, 0.29) is 23.6 Å². The van der Waals surface area contributed by atoms with Gasteiger partial charge < -0.3 is 15.1 Å². The number of carbonyl (C=O) groups is 2. The van der Waals surface area contributed by atoms with E-state index in [1.165, 1.54) is 11.8 Å². The summed E-state index contributed by atoms with van der Waals surface area (Å²) in [6, 6.07) is 7.28. The lowest BCUT2D eigenvalue weighted by Gasteiger charge is -2.10. The molecule has 2 N–H and O–H groups in total. The van der Waals surface area contributed by atoms with Crippen molar-refractivity contribution in [1.29, 1.82) is 0 Å². The van der Waals surface area contributed by atoms with E-state index in [4.69, 9.17) is 4.42 Å². The van der Waals surface area contributed by atoms with E-state index in [1.807, 2.05) is 13.8 Å². The molecule has 0 atom stereocenters. The zero-order valence-electron chi connectivity index (χ0n) is 13.6. The molecule has 24 heavy (non-hydrogen) atoms. The first-order chi connectivity index (χ1) is 11.5. The number of aryl methyl sites for hydroxylation is 2. The molecule has 1 aliphatic carbocycles. The van der Waals surface area contributed by atoms with E-state index in [0.717, 1.165) is 24.3 Å². The lowest BCUT2D eigenvalue weighted by Crippen LogP contribution is -2.27. The average molecular weight is 345 g/mol. The Morgan fingerprint density at radius 1 is 1.29 bits per heavy atom. The van der Waals surface area contributed by atoms with Crippen LogP contribution in [0.1, 0.15) is 34.7 Å². The van der Waals surface area contributed by atoms with E-state index in [9.17, 15) is 9.59 Å². The summed E-state index contributed by atoms with van der Waals surface area (Å²) in [6.07, 6.45) is 2.04. The molecule has 0 saturated heterocycles. The van der Waals surface area contributed by atoms with Gasteiger partial charge in [0.1, 0.15) is 5.76 Å². The predicted molar refractivity (Wildman–Crippen MR) is 92.3 cm³/mol. The van der Waals surface area contributed by atoms with Crippen LogP contribution in [0.5, 0.6) is 0 Å². The molecule has 1 fully saturated rings. The second-order valence-electron chi connectivity index (χ2n) is 5.75. The third kappa shape index (κ3) is 4.17. The molecular formula is C17H19N3O3S. The first kappa shape index (κ1) is 16.6. The lowest BCUT2D eigenvalue weighted by atomic mass is 10.1. The zero-order chi connectivity index (χ0) is 17.1. The van der Waals surface area contributed by atoms with E-state index < -0.39 is 0 Å². The molecule has 1 aromatic carbocycles. The van der Waals surface area contributed by atoms with Gasteiger partial charge in [-0.15, -0.1) is 0 Å². The molecule has 0 aliphatic heterocycles. The molecule has 0 unspecified atom stereocenters. The van der Waals surface area contributed by atoms with E-state index >= 15 is 0 Å². The number of oxazole rings is 1. The van der Waals surface area contributed by atoms with Gasteiger partial charge in [-0.25, -0.2) is 4.98 Å². The second-order valence-corrected chi connectivity index (χ2v) is 6.68. The molecule has 126 valence electrons. The summed E-state index contributed by atoms with van der Waals surface area (Å²) in [5.41, 5.74) is 1.81. The standard InChI is InChI=1S/C17H19N3O3S/c1-10-11(2)23-17(18-10)24-9-15(21)20-14-6-4-3-5-13(14)16(22)19-12-7-8-12/h3-6,12H,7-9H2,1-2H3,(H,19,22)(H,20,21). The summed E-state index contributed by atoms with van der Waals surface area (Å²) >= 11 is 1.23. The molecule has 2 aromatic rings. The minimum atomic E-state index is -0.208. The average Bonchev–Trinajstić information content (AvgIpc) is 3.30. The molecule has 1 aromatic heterocycles. The Bertz CT molecular complexity index is 749. The van der Waals surface area contributed by atoms with E-state index in [1.54, 1.807) is 24.3 Å². The summed E-state index contributed by atoms with van der Waals surface area (Å²) < 4.78 is 5.44. The van der Waals surface area contributed by atoms with E-state index in [0.29, 0.717) is 16.5 Å². The van der Waals surface area contributed by atoms with Crippen molar-refractivity contribution in [2.24, 2.45) is 0 Å². The topological polar surface area (TPSA) is 84.2 Å². The number of nitrogens with one attached hydrogen (secondary N) is 2. The van der Waals surface area contributed by atoms with Crippen molar-refractivity contribution >= 4 is 29.3 Å². The molecule has 0 bridgehead atoms. The van der Waals surface area contributed by atoms with Crippen LogP contribution in [0.4, 0.5) is 5.69 Å². The SMILES string of the molecule is Cc1nc(SCC(=O)Nc2ccccc2C(=O)NC2CC2)oc1C. The third-order valence-electron chi connectivity index (χ3n) is 3.69. The number of carbonyl (C=O) groups excluding carboxylic acids is 2. The van der Waals surface area contributed by atoms with Crippen molar-refractivity contribution < 1.29 is 14.0 Å². The number of benzene rings is 1. The predicted octanol–water partition coefficient (Wildman–Crippen LogP) is 2.91. The van der Waals surface area contributed by atoms with Crippen molar-refractivity contribution in [3.05, 3.63) is 41.3 Å². The largest absolute Gasteiger partial charge is 0.437 e. The number of para-hydroxylation sites is 1. The smallest absolute Gasteiger partial charge is 0.256 e. The minimum absolute atomic E-state index is 0.153. The molecule has 7 heteroatoms. The van der Waals surface area contributed by atoms with Gasteiger partial charge in [-0.2, -0.15) is 0 Å².